The number of hydrogen-bond donors (Lipinski definition) is 5. The molecule has 0 saturated heterocycles. The van der Waals surface area contributed by atoms with Gasteiger partial charge in [0.15, 0.2) is 0 Å². The van der Waals surface area contributed by atoms with Gasteiger partial charge in [0, 0.05) is 18.9 Å². The maximum Gasteiger partial charge on any atom is 0.371 e. The number of aromatic nitrogens is 2. The van der Waals surface area contributed by atoms with Crippen LogP contribution in [0.15, 0.2) is 12.4 Å². The smallest absolute Gasteiger partial charge is 0.371 e. The van der Waals surface area contributed by atoms with Crippen LogP contribution in [-0.2, 0) is 20.4 Å². The molecule has 0 aliphatic heterocycles. The van der Waals surface area contributed by atoms with Crippen molar-refractivity contribution in [2.75, 3.05) is 13.2 Å². The molecule has 20 heavy (non-hydrogen) atoms. The van der Waals surface area contributed by atoms with Gasteiger partial charge in [-0.15, -0.1) is 0 Å². The fourth-order valence-electron chi connectivity index (χ4n) is 1.35. The first kappa shape index (κ1) is 17.5. The summed E-state index contributed by atoms with van der Waals surface area (Å²) in [4.78, 5) is 39.4. The highest BCUT2D eigenvalue weighted by atomic mass is 31.2. The summed E-state index contributed by atoms with van der Waals surface area (Å²) in [6.45, 7) is 0.681. The van der Waals surface area contributed by atoms with Crippen molar-refractivity contribution in [2.45, 2.75) is 18.6 Å². The van der Waals surface area contributed by atoms with Gasteiger partial charge in [0.1, 0.15) is 5.82 Å². The van der Waals surface area contributed by atoms with E-state index in [1.807, 2.05) is 0 Å². The topological polar surface area (TPSA) is 162 Å². The molecule has 0 atom stereocenters. The molecule has 1 aromatic heterocycles. The van der Waals surface area contributed by atoms with Crippen molar-refractivity contribution in [1.29, 1.82) is 0 Å². The second kappa shape index (κ2) is 6.05. The number of hydrogen-bond acceptors (Lipinski definition) is 5. The van der Waals surface area contributed by atoms with Gasteiger partial charge in [-0.3, -0.25) is 9.13 Å². The van der Waals surface area contributed by atoms with Crippen molar-refractivity contribution in [3.8, 4) is 0 Å². The molecule has 12 heteroatoms. The van der Waals surface area contributed by atoms with Crippen LogP contribution in [0.5, 0.6) is 0 Å². The SMILES string of the molecule is Cc1nccn1CCOCC(O)(P(=O)(O)O)P(=O)(O)O. The predicted octanol–water partition coefficient (Wildman–Crippen LogP) is -0.790. The summed E-state index contributed by atoms with van der Waals surface area (Å²) in [7, 11) is -10.9. The molecule has 10 nitrogen and oxygen atoms in total. The summed E-state index contributed by atoms with van der Waals surface area (Å²) >= 11 is 0. The quantitative estimate of drug-likeness (QED) is 0.318. The van der Waals surface area contributed by atoms with Crippen molar-refractivity contribution in [3.05, 3.63) is 18.2 Å². The van der Waals surface area contributed by atoms with Crippen LogP contribution in [0.4, 0.5) is 0 Å². The van der Waals surface area contributed by atoms with Crippen LogP contribution < -0.4 is 0 Å². The monoisotopic (exact) mass is 330 g/mol. The summed E-state index contributed by atoms with van der Waals surface area (Å²) in [6, 6.07) is 0. The van der Waals surface area contributed by atoms with Gasteiger partial charge in [-0.05, 0) is 6.92 Å². The minimum absolute atomic E-state index is 0.112. The molecule has 0 unspecified atom stereocenters. The second-order valence-electron chi connectivity index (χ2n) is 4.08. The lowest BCUT2D eigenvalue weighted by Crippen LogP contribution is -2.34. The van der Waals surface area contributed by atoms with Gasteiger partial charge < -0.3 is 34.0 Å². The van der Waals surface area contributed by atoms with Crippen molar-refractivity contribution < 1.29 is 38.5 Å². The molecule has 1 aromatic rings. The summed E-state index contributed by atoms with van der Waals surface area (Å²) < 4.78 is 28.5. The molecule has 5 N–H and O–H groups in total. The van der Waals surface area contributed by atoms with E-state index in [1.54, 1.807) is 17.7 Å². The van der Waals surface area contributed by atoms with Crippen molar-refractivity contribution in [1.82, 2.24) is 9.55 Å². The first-order valence-electron chi connectivity index (χ1n) is 5.38. The average molecular weight is 330 g/mol. The minimum atomic E-state index is -5.47. The molecule has 0 spiro atoms. The van der Waals surface area contributed by atoms with E-state index in [-0.39, 0.29) is 13.2 Å². The van der Waals surface area contributed by atoms with E-state index in [0.29, 0.717) is 5.82 Å². The third-order valence-corrected chi connectivity index (χ3v) is 6.32. The Kier molecular flexibility index (Phi) is 5.29. The summed E-state index contributed by atoms with van der Waals surface area (Å²) in [5.74, 6) is 0.675. The van der Waals surface area contributed by atoms with E-state index < -0.39 is 26.9 Å². The lowest BCUT2D eigenvalue weighted by Gasteiger charge is -2.28. The van der Waals surface area contributed by atoms with Gasteiger partial charge in [0.05, 0.1) is 13.2 Å². The average Bonchev–Trinajstić information content (AvgIpc) is 2.67. The predicted molar refractivity (Wildman–Crippen MR) is 66.8 cm³/mol. The van der Waals surface area contributed by atoms with Crippen LogP contribution in [-0.4, -0.2) is 52.5 Å². The van der Waals surface area contributed by atoms with Crippen LogP contribution in [0, 0.1) is 6.92 Å². The molecular formula is C8H16N2O8P2. The van der Waals surface area contributed by atoms with Crippen LogP contribution in [0.25, 0.3) is 0 Å². The lowest BCUT2D eigenvalue weighted by molar-refractivity contribution is 0.0223. The summed E-state index contributed by atoms with van der Waals surface area (Å²) in [5, 5.41) is 5.99. The number of aryl methyl sites for hydroxylation is 1. The Labute approximate surface area is 114 Å². The third-order valence-electron chi connectivity index (χ3n) is 2.63. The molecule has 0 aliphatic rings. The number of rotatable bonds is 7. The van der Waals surface area contributed by atoms with E-state index >= 15 is 0 Å². The standard InChI is InChI=1S/C8H16N2O8P2/c1-7-9-2-3-10(7)4-5-18-6-8(11,19(12,13)14)20(15,16)17/h2-3,11H,4-6H2,1H3,(H2,12,13,14)(H2,15,16,17). The maximum absolute atomic E-state index is 11.0. The van der Waals surface area contributed by atoms with Gasteiger partial charge in [-0.1, -0.05) is 0 Å². The normalized spacial score (nSPS) is 13.7. The van der Waals surface area contributed by atoms with Crippen LogP contribution in [0.1, 0.15) is 5.82 Å². The molecule has 0 fully saturated rings. The molecular weight excluding hydrogens is 314 g/mol. The molecule has 1 rings (SSSR count). The minimum Gasteiger partial charge on any atom is -0.375 e. The third kappa shape index (κ3) is 3.75. The fraction of sp³-hybridized carbons (Fsp3) is 0.625. The van der Waals surface area contributed by atoms with E-state index in [0.717, 1.165) is 0 Å². The molecule has 0 aromatic carbocycles. The Morgan fingerprint density at radius 2 is 1.85 bits per heavy atom. The van der Waals surface area contributed by atoms with Gasteiger partial charge >= 0.3 is 15.2 Å². The van der Waals surface area contributed by atoms with Crippen LogP contribution in [0.2, 0.25) is 0 Å². The zero-order valence-corrected chi connectivity index (χ0v) is 12.3. The van der Waals surface area contributed by atoms with Crippen molar-refractivity contribution in [2.24, 2.45) is 0 Å². The number of imidazole rings is 1. The Bertz CT molecular complexity index is 524. The van der Waals surface area contributed by atoms with Gasteiger partial charge in [0.25, 0.3) is 5.08 Å². The fourth-order valence-corrected chi connectivity index (χ4v) is 3.23. The Morgan fingerprint density at radius 1 is 1.30 bits per heavy atom. The van der Waals surface area contributed by atoms with Gasteiger partial charge in [-0.2, -0.15) is 0 Å². The lowest BCUT2D eigenvalue weighted by atomic mass is 10.6. The molecule has 0 bridgehead atoms. The Balaban J connectivity index is 2.64. The Morgan fingerprint density at radius 3 is 2.25 bits per heavy atom. The van der Waals surface area contributed by atoms with Crippen LogP contribution in [0.3, 0.4) is 0 Å². The molecule has 1 heterocycles. The zero-order chi connectivity index (χ0) is 15.6. The van der Waals surface area contributed by atoms with Crippen LogP contribution >= 0.6 is 15.2 Å². The number of ether oxygens (including phenoxy) is 1. The molecule has 0 amide bonds. The maximum atomic E-state index is 11.0. The van der Waals surface area contributed by atoms with Gasteiger partial charge in [0.2, 0.25) is 0 Å². The second-order valence-corrected chi connectivity index (χ2v) is 8.09. The summed E-state index contributed by atoms with van der Waals surface area (Å²) in [5.41, 5.74) is 0. The summed E-state index contributed by atoms with van der Waals surface area (Å²) in [6.07, 6.45) is 3.17. The molecule has 0 saturated carbocycles. The highest BCUT2D eigenvalue weighted by Gasteiger charge is 2.59. The van der Waals surface area contributed by atoms with Crippen molar-refractivity contribution >= 4 is 15.2 Å². The van der Waals surface area contributed by atoms with E-state index in [1.165, 1.54) is 6.20 Å². The van der Waals surface area contributed by atoms with E-state index in [2.05, 4.69) is 4.98 Å². The highest BCUT2D eigenvalue weighted by Crippen LogP contribution is 2.67. The first-order chi connectivity index (χ1) is 8.99. The highest BCUT2D eigenvalue weighted by molar-refractivity contribution is 7.72. The zero-order valence-electron chi connectivity index (χ0n) is 10.5. The van der Waals surface area contributed by atoms with E-state index in [4.69, 9.17) is 24.3 Å². The van der Waals surface area contributed by atoms with Crippen molar-refractivity contribution in [3.63, 3.8) is 0 Å². The molecule has 0 aliphatic carbocycles. The van der Waals surface area contributed by atoms with E-state index in [9.17, 15) is 14.2 Å². The number of aliphatic hydroxyl groups is 1. The number of nitrogens with zero attached hydrogens (tertiary/aromatic N) is 2. The molecule has 0 radical (unpaired) electrons. The van der Waals surface area contributed by atoms with Gasteiger partial charge in [-0.25, -0.2) is 4.98 Å². The molecule has 116 valence electrons. The largest absolute Gasteiger partial charge is 0.375 e. The Hall–Kier alpha value is -0.570. The first-order valence-corrected chi connectivity index (χ1v) is 8.60.